The number of cyclic esters (lactones) is 1. The number of carbonyl (C=O) groups is 1. The number of nitrogens with zero attached hydrogens (tertiary/aromatic N) is 1. The van der Waals surface area contributed by atoms with Crippen LogP contribution < -0.4 is 0 Å². The lowest BCUT2D eigenvalue weighted by atomic mass is 9.96. The third-order valence-electron chi connectivity index (χ3n) is 4.27. The zero-order valence-electron chi connectivity index (χ0n) is 11.4. The first-order chi connectivity index (χ1) is 9.25. The molecule has 101 valence electrons. The Morgan fingerprint density at radius 2 is 2.05 bits per heavy atom. The van der Waals surface area contributed by atoms with Crippen LogP contribution in [-0.2, 0) is 17.8 Å². The van der Waals surface area contributed by atoms with Crippen molar-refractivity contribution in [1.82, 2.24) is 4.90 Å². The van der Waals surface area contributed by atoms with Gasteiger partial charge in [-0.15, -0.1) is 0 Å². The lowest BCUT2D eigenvalue weighted by Gasteiger charge is -2.26. The Kier molecular flexibility index (Phi) is 3.56. The summed E-state index contributed by atoms with van der Waals surface area (Å²) in [7, 11) is 0. The molecule has 0 amide bonds. The Hall–Kier alpha value is -1.35. The molecule has 0 bridgehead atoms. The van der Waals surface area contributed by atoms with Crippen LogP contribution in [0.15, 0.2) is 12.1 Å². The summed E-state index contributed by atoms with van der Waals surface area (Å²) in [5.41, 5.74) is 4.45. The number of likely N-dealkylation sites (tertiary alicyclic amines) is 1. The molecule has 3 rings (SSSR count). The van der Waals surface area contributed by atoms with E-state index in [4.69, 9.17) is 4.74 Å². The Labute approximate surface area is 114 Å². The van der Waals surface area contributed by atoms with E-state index in [0.29, 0.717) is 6.61 Å². The van der Waals surface area contributed by atoms with Gasteiger partial charge >= 0.3 is 5.97 Å². The second kappa shape index (κ2) is 5.33. The summed E-state index contributed by atoms with van der Waals surface area (Å²) >= 11 is 0. The summed E-state index contributed by atoms with van der Waals surface area (Å²) < 4.78 is 5.10. The number of piperidine rings is 1. The van der Waals surface area contributed by atoms with E-state index < -0.39 is 0 Å². The highest BCUT2D eigenvalue weighted by atomic mass is 16.5. The van der Waals surface area contributed by atoms with Crippen molar-refractivity contribution in [3.05, 3.63) is 40.8 Å². The second-order valence-electron chi connectivity index (χ2n) is 5.41. The van der Waals surface area contributed by atoms with Crippen LogP contribution in [-0.4, -0.2) is 30.5 Å². The minimum absolute atomic E-state index is 0.170. The highest BCUT2D eigenvalue weighted by Crippen LogP contribution is 2.26. The standard InChI is InChI=1S/C16H20NO2/c1-12-13(7-10-17-8-3-2-4-9-17)5-6-14-15(12)11-19-16(14)18/h2,5-6H,3-4,7-11H2,1H3. The first-order valence-electron chi connectivity index (χ1n) is 7.08. The number of ether oxygens (including phenoxy) is 1. The van der Waals surface area contributed by atoms with E-state index in [1.807, 2.05) is 6.07 Å². The molecular weight excluding hydrogens is 238 g/mol. The topological polar surface area (TPSA) is 29.5 Å². The maximum absolute atomic E-state index is 11.5. The predicted octanol–water partition coefficient (Wildman–Crippen LogP) is 2.51. The summed E-state index contributed by atoms with van der Waals surface area (Å²) in [6.07, 6.45) is 5.87. The summed E-state index contributed by atoms with van der Waals surface area (Å²) in [4.78, 5) is 14.0. The van der Waals surface area contributed by atoms with Gasteiger partial charge in [0.15, 0.2) is 0 Å². The number of fused-ring (bicyclic) bond motifs is 1. The number of hydrogen-bond acceptors (Lipinski definition) is 3. The third kappa shape index (κ3) is 2.52. The third-order valence-corrected chi connectivity index (χ3v) is 4.27. The van der Waals surface area contributed by atoms with Crippen LogP contribution in [0.1, 0.15) is 39.9 Å². The monoisotopic (exact) mass is 258 g/mol. The number of hydrogen-bond donors (Lipinski definition) is 0. The molecule has 0 N–H and O–H groups in total. The molecule has 1 aromatic rings. The first kappa shape index (κ1) is 12.7. The van der Waals surface area contributed by atoms with Gasteiger partial charge in [-0.3, -0.25) is 0 Å². The molecule has 0 saturated carbocycles. The van der Waals surface area contributed by atoms with Gasteiger partial charge in [0.05, 0.1) is 5.56 Å². The van der Waals surface area contributed by atoms with Crippen LogP contribution in [0, 0.1) is 13.3 Å². The number of benzene rings is 1. The second-order valence-corrected chi connectivity index (χ2v) is 5.41. The average Bonchev–Trinajstić information content (AvgIpc) is 2.82. The molecular formula is C16H20NO2. The molecule has 3 nitrogen and oxygen atoms in total. The van der Waals surface area contributed by atoms with Crippen molar-refractivity contribution < 1.29 is 9.53 Å². The summed E-state index contributed by atoms with van der Waals surface area (Å²) in [6, 6.07) is 4.02. The lowest BCUT2D eigenvalue weighted by molar-refractivity contribution is 0.0535. The normalized spacial score (nSPS) is 19.3. The summed E-state index contributed by atoms with van der Waals surface area (Å²) in [6.45, 7) is 6.05. The SMILES string of the molecule is Cc1c(CCN2CC[CH]CC2)ccc2c1COC2=O. The van der Waals surface area contributed by atoms with Crippen molar-refractivity contribution >= 4 is 5.97 Å². The zero-order chi connectivity index (χ0) is 13.2. The minimum Gasteiger partial charge on any atom is -0.457 e. The van der Waals surface area contributed by atoms with Crippen molar-refractivity contribution in [3.63, 3.8) is 0 Å². The molecule has 0 atom stereocenters. The van der Waals surface area contributed by atoms with E-state index in [-0.39, 0.29) is 5.97 Å². The molecule has 0 spiro atoms. The van der Waals surface area contributed by atoms with Crippen LogP contribution in [0.5, 0.6) is 0 Å². The molecule has 1 aromatic carbocycles. The van der Waals surface area contributed by atoms with Crippen molar-refractivity contribution in [3.8, 4) is 0 Å². The van der Waals surface area contributed by atoms with E-state index in [0.717, 1.165) is 24.1 Å². The molecule has 0 aromatic heterocycles. The Morgan fingerprint density at radius 3 is 2.84 bits per heavy atom. The van der Waals surface area contributed by atoms with Gasteiger partial charge in [-0.05, 0) is 62.9 Å². The molecule has 2 aliphatic rings. The number of carbonyl (C=O) groups excluding carboxylic acids is 1. The van der Waals surface area contributed by atoms with Gasteiger partial charge in [-0.25, -0.2) is 4.79 Å². The lowest BCUT2D eigenvalue weighted by Crippen LogP contribution is -2.31. The van der Waals surface area contributed by atoms with Gasteiger partial charge in [0, 0.05) is 12.1 Å². The van der Waals surface area contributed by atoms with Crippen molar-refractivity contribution in [2.24, 2.45) is 0 Å². The first-order valence-corrected chi connectivity index (χ1v) is 7.08. The maximum atomic E-state index is 11.5. The van der Waals surface area contributed by atoms with Crippen LogP contribution >= 0.6 is 0 Å². The molecule has 2 heterocycles. The Bertz CT molecular complexity index is 490. The van der Waals surface area contributed by atoms with Crippen LogP contribution in [0.25, 0.3) is 0 Å². The minimum atomic E-state index is -0.170. The molecule has 2 aliphatic heterocycles. The van der Waals surface area contributed by atoms with Gasteiger partial charge in [-0.2, -0.15) is 0 Å². The van der Waals surface area contributed by atoms with Crippen molar-refractivity contribution in [1.29, 1.82) is 0 Å². The van der Waals surface area contributed by atoms with Crippen LogP contribution in [0.3, 0.4) is 0 Å². The fraction of sp³-hybridized carbons (Fsp3) is 0.500. The largest absolute Gasteiger partial charge is 0.457 e. The highest BCUT2D eigenvalue weighted by molar-refractivity contribution is 5.93. The zero-order valence-corrected chi connectivity index (χ0v) is 11.4. The summed E-state index contributed by atoms with van der Waals surface area (Å²) in [5, 5.41) is 0. The van der Waals surface area contributed by atoms with Crippen LogP contribution in [0.4, 0.5) is 0 Å². The quantitative estimate of drug-likeness (QED) is 0.780. The fourth-order valence-electron chi connectivity index (χ4n) is 2.97. The molecule has 0 aliphatic carbocycles. The highest BCUT2D eigenvalue weighted by Gasteiger charge is 2.23. The number of esters is 1. The van der Waals surface area contributed by atoms with Crippen molar-refractivity contribution in [2.75, 3.05) is 19.6 Å². The van der Waals surface area contributed by atoms with Gasteiger partial charge in [0.25, 0.3) is 0 Å². The van der Waals surface area contributed by atoms with E-state index in [9.17, 15) is 4.79 Å². The Balaban J connectivity index is 1.70. The van der Waals surface area contributed by atoms with Gasteiger partial charge in [0.1, 0.15) is 6.61 Å². The molecule has 1 radical (unpaired) electrons. The maximum Gasteiger partial charge on any atom is 0.338 e. The van der Waals surface area contributed by atoms with E-state index in [1.165, 1.54) is 37.1 Å². The van der Waals surface area contributed by atoms with E-state index >= 15 is 0 Å². The summed E-state index contributed by atoms with van der Waals surface area (Å²) in [5.74, 6) is -0.170. The van der Waals surface area contributed by atoms with E-state index in [2.05, 4.69) is 24.3 Å². The molecule has 1 fully saturated rings. The number of rotatable bonds is 3. The molecule has 19 heavy (non-hydrogen) atoms. The van der Waals surface area contributed by atoms with Gasteiger partial charge < -0.3 is 9.64 Å². The Morgan fingerprint density at radius 1 is 1.26 bits per heavy atom. The fourth-order valence-corrected chi connectivity index (χ4v) is 2.97. The molecule has 1 saturated heterocycles. The average molecular weight is 258 g/mol. The van der Waals surface area contributed by atoms with Gasteiger partial charge in [-0.1, -0.05) is 6.07 Å². The predicted molar refractivity (Wildman–Crippen MR) is 74.0 cm³/mol. The van der Waals surface area contributed by atoms with Gasteiger partial charge in [0.2, 0.25) is 0 Å². The van der Waals surface area contributed by atoms with Crippen molar-refractivity contribution in [2.45, 2.75) is 32.8 Å². The van der Waals surface area contributed by atoms with Crippen LogP contribution in [0.2, 0.25) is 0 Å². The molecule has 0 unspecified atom stereocenters. The smallest absolute Gasteiger partial charge is 0.338 e. The molecule has 3 heteroatoms. The van der Waals surface area contributed by atoms with E-state index in [1.54, 1.807) is 0 Å².